The first-order valence-corrected chi connectivity index (χ1v) is 15.0. The van der Waals surface area contributed by atoms with Gasteiger partial charge in [-0.1, -0.05) is 70.5 Å². The fourth-order valence-corrected chi connectivity index (χ4v) is 8.81. The molecule has 39 heavy (non-hydrogen) atoms. The number of para-hydroxylation sites is 2. The molecule has 0 unspecified atom stereocenters. The molecule has 0 aliphatic carbocycles. The quantitative estimate of drug-likeness (QED) is 0.199. The van der Waals surface area contributed by atoms with E-state index in [2.05, 4.69) is 126 Å². The summed E-state index contributed by atoms with van der Waals surface area (Å²) in [5.41, 5.74) is 7.74. The number of hydrogen-bond donors (Lipinski definition) is 1. The first-order valence-electron chi connectivity index (χ1n) is 12.5. The predicted molar refractivity (Wildman–Crippen MR) is 173 cm³/mol. The lowest BCUT2D eigenvalue weighted by Crippen LogP contribution is -1.99. The molecule has 0 atom stereocenters. The molecule has 3 heterocycles. The average Bonchev–Trinajstić information content (AvgIpc) is 3.49. The van der Waals surface area contributed by atoms with E-state index in [9.17, 15) is 4.79 Å². The Morgan fingerprint density at radius 3 is 2.36 bits per heavy atom. The third-order valence-electron chi connectivity index (χ3n) is 7.54. The van der Waals surface area contributed by atoms with Gasteiger partial charge in [0.25, 0.3) is 0 Å². The Balaban J connectivity index is 1.63. The summed E-state index contributed by atoms with van der Waals surface area (Å²) in [5.74, 6) is 0. The van der Waals surface area contributed by atoms with Crippen LogP contribution < -0.4 is 5.43 Å². The molecule has 6 heteroatoms. The molecule has 0 aliphatic rings. The first-order chi connectivity index (χ1) is 19.1. The zero-order valence-corrected chi connectivity index (χ0v) is 24.3. The summed E-state index contributed by atoms with van der Waals surface area (Å²) in [4.78, 5) is 16.6. The fraction of sp³-hybridized carbons (Fsp3) is 0. The highest BCUT2D eigenvalue weighted by atomic mass is 79.9. The minimum atomic E-state index is 0.0158. The Kier molecular flexibility index (Phi) is 5.14. The molecule has 0 saturated heterocycles. The van der Waals surface area contributed by atoms with E-state index in [1.54, 1.807) is 17.4 Å². The molecular weight excluding hydrogens is 632 g/mol. The molecule has 8 aromatic rings. The molecule has 0 aliphatic heterocycles. The number of nitrogens with zero attached hydrogens (tertiary/aromatic N) is 1. The third kappa shape index (κ3) is 3.29. The van der Waals surface area contributed by atoms with E-state index in [0.717, 1.165) is 46.9 Å². The van der Waals surface area contributed by atoms with Crippen LogP contribution in [-0.4, -0.2) is 9.55 Å². The van der Waals surface area contributed by atoms with Crippen molar-refractivity contribution in [2.24, 2.45) is 0 Å². The Morgan fingerprint density at radius 1 is 0.692 bits per heavy atom. The molecular formula is C33H18Br2N2OS. The van der Waals surface area contributed by atoms with E-state index in [1.807, 2.05) is 11.4 Å². The van der Waals surface area contributed by atoms with Crippen LogP contribution in [-0.2, 0) is 0 Å². The minimum Gasteiger partial charge on any atom is -0.354 e. The monoisotopic (exact) mass is 648 g/mol. The maximum absolute atomic E-state index is 12.9. The topological polar surface area (TPSA) is 37.8 Å². The van der Waals surface area contributed by atoms with Crippen molar-refractivity contribution in [1.29, 1.82) is 0 Å². The van der Waals surface area contributed by atoms with E-state index in [-0.39, 0.29) is 5.43 Å². The summed E-state index contributed by atoms with van der Waals surface area (Å²) in [7, 11) is 0. The highest BCUT2D eigenvalue weighted by Crippen LogP contribution is 2.46. The molecule has 1 N–H and O–H groups in total. The number of H-pyrrole nitrogens is 1. The van der Waals surface area contributed by atoms with Gasteiger partial charge in [-0.3, -0.25) is 4.79 Å². The number of aromatic amines is 1. The number of nitrogens with one attached hydrogen (secondary N) is 1. The van der Waals surface area contributed by atoms with Gasteiger partial charge in [-0.05, 0) is 69.3 Å². The van der Waals surface area contributed by atoms with Crippen LogP contribution in [0.5, 0.6) is 0 Å². The van der Waals surface area contributed by atoms with Gasteiger partial charge < -0.3 is 9.55 Å². The van der Waals surface area contributed by atoms with Crippen LogP contribution in [0.4, 0.5) is 0 Å². The van der Waals surface area contributed by atoms with Crippen molar-refractivity contribution in [3.8, 4) is 16.8 Å². The number of aromatic nitrogens is 2. The van der Waals surface area contributed by atoms with Gasteiger partial charge in [-0.2, -0.15) is 0 Å². The zero-order chi connectivity index (χ0) is 26.2. The number of benzene rings is 5. The SMILES string of the molecule is O=c1ccsc2c(-c3cccc4[nH]c5ccc6c7ccccc7n(-c7ccccc7)c6c5c34)c(Br)cc(Br)c12. The molecule has 186 valence electrons. The summed E-state index contributed by atoms with van der Waals surface area (Å²) in [6.07, 6.45) is 0. The van der Waals surface area contributed by atoms with Gasteiger partial charge in [0.05, 0.1) is 16.4 Å². The minimum absolute atomic E-state index is 0.0158. The lowest BCUT2D eigenvalue weighted by atomic mass is 9.97. The van der Waals surface area contributed by atoms with Crippen LogP contribution in [0.1, 0.15) is 0 Å². The second-order valence-electron chi connectivity index (χ2n) is 9.63. The lowest BCUT2D eigenvalue weighted by Gasteiger charge is -2.13. The molecule has 0 fully saturated rings. The highest BCUT2D eigenvalue weighted by Gasteiger charge is 2.22. The van der Waals surface area contributed by atoms with E-state index in [0.29, 0.717) is 5.39 Å². The van der Waals surface area contributed by atoms with Crippen molar-refractivity contribution in [3.63, 3.8) is 0 Å². The van der Waals surface area contributed by atoms with E-state index >= 15 is 0 Å². The van der Waals surface area contributed by atoms with Crippen LogP contribution in [0.3, 0.4) is 0 Å². The predicted octanol–water partition coefficient (Wildman–Crippen LogP) is 10.2. The zero-order valence-electron chi connectivity index (χ0n) is 20.3. The number of rotatable bonds is 2. The van der Waals surface area contributed by atoms with E-state index in [1.165, 1.54) is 27.2 Å². The fourth-order valence-electron chi connectivity index (χ4n) is 5.98. The molecule has 8 rings (SSSR count). The van der Waals surface area contributed by atoms with Crippen molar-refractivity contribution >= 4 is 96.9 Å². The van der Waals surface area contributed by atoms with Gasteiger partial charge in [0.15, 0.2) is 5.43 Å². The first kappa shape index (κ1) is 23.2. The molecule has 0 spiro atoms. The standard InChI is InChI=1S/C33H18Br2N2OS/c34-22-17-23(35)30-27(38)15-16-39-33(30)28(22)21-10-6-11-24-29(21)31-25(36-24)14-13-20-19-9-4-5-12-26(19)37(32(20)31)18-7-2-1-3-8-18/h1-17,36H. The van der Waals surface area contributed by atoms with Crippen molar-refractivity contribution in [1.82, 2.24) is 9.55 Å². The summed E-state index contributed by atoms with van der Waals surface area (Å²) in [5, 5.41) is 7.34. The lowest BCUT2D eigenvalue weighted by molar-refractivity contribution is 1.19. The van der Waals surface area contributed by atoms with Gasteiger partial charge in [0.1, 0.15) is 0 Å². The van der Waals surface area contributed by atoms with E-state index in [4.69, 9.17) is 0 Å². The van der Waals surface area contributed by atoms with Crippen molar-refractivity contribution in [2.45, 2.75) is 0 Å². The summed E-state index contributed by atoms with van der Waals surface area (Å²) >= 11 is 9.09. The Hall–Kier alpha value is -3.71. The number of halogens is 2. The second-order valence-corrected chi connectivity index (χ2v) is 12.3. The molecule has 5 aromatic carbocycles. The van der Waals surface area contributed by atoms with Gasteiger partial charge in [-0.25, -0.2) is 0 Å². The second kappa shape index (κ2) is 8.65. The Bertz CT molecular complexity index is 2330. The van der Waals surface area contributed by atoms with Crippen molar-refractivity contribution in [3.05, 3.63) is 122 Å². The molecule has 0 saturated carbocycles. The maximum Gasteiger partial charge on any atom is 0.189 e. The average molecular weight is 650 g/mol. The van der Waals surface area contributed by atoms with Crippen LogP contribution in [0, 0.1) is 0 Å². The van der Waals surface area contributed by atoms with Crippen molar-refractivity contribution < 1.29 is 0 Å². The molecule has 0 amide bonds. The summed E-state index contributed by atoms with van der Waals surface area (Å²) in [6.45, 7) is 0. The molecule has 0 bridgehead atoms. The molecule has 0 radical (unpaired) electrons. The van der Waals surface area contributed by atoms with Gasteiger partial charge in [-0.15, -0.1) is 11.3 Å². The Morgan fingerprint density at radius 2 is 1.49 bits per heavy atom. The van der Waals surface area contributed by atoms with Gasteiger partial charge >= 0.3 is 0 Å². The van der Waals surface area contributed by atoms with Gasteiger partial charge in [0, 0.05) is 57.5 Å². The largest absolute Gasteiger partial charge is 0.354 e. The van der Waals surface area contributed by atoms with E-state index < -0.39 is 0 Å². The van der Waals surface area contributed by atoms with Crippen LogP contribution in [0.2, 0.25) is 0 Å². The summed E-state index contributed by atoms with van der Waals surface area (Å²) < 4.78 is 5.08. The van der Waals surface area contributed by atoms with Crippen molar-refractivity contribution in [2.75, 3.05) is 0 Å². The normalized spacial score (nSPS) is 11.9. The highest BCUT2D eigenvalue weighted by molar-refractivity contribution is 9.11. The van der Waals surface area contributed by atoms with Crippen LogP contribution >= 0.6 is 43.2 Å². The van der Waals surface area contributed by atoms with Crippen LogP contribution in [0.15, 0.2) is 116 Å². The maximum atomic E-state index is 12.9. The smallest absolute Gasteiger partial charge is 0.189 e. The number of hydrogen-bond acceptors (Lipinski definition) is 2. The van der Waals surface area contributed by atoms with Gasteiger partial charge in [0.2, 0.25) is 0 Å². The third-order valence-corrected chi connectivity index (χ3v) is 9.71. The summed E-state index contributed by atoms with van der Waals surface area (Å²) in [6, 6.07) is 33.6. The molecule has 3 aromatic heterocycles. The molecule has 3 nitrogen and oxygen atoms in total. The Labute approximate surface area is 243 Å². The number of fused-ring (bicyclic) bond motifs is 8. The van der Waals surface area contributed by atoms with Crippen LogP contribution in [0.25, 0.3) is 70.5 Å².